The lowest BCUT2D eigenvalue weighted by Gasteiger charge is -2.15. The van der Waals surface area contributed by atoms with Crippen LogP contribution in [0, 0.1) is 17.3 Å². The summed E-state index contributed by atoms with van der Waals surface area (Å²) in [6.45, 7) is 7.62. The summed E-state index contributed by atoms with van der Waals surface area (Å²) in [5, 5.41) is 13.3. The monoisotopic (exact) mass is 291 g/mol. The molecule has 0 aliphatic rings. The number of benzene rings is 1. The third-order valence-corrected chi connectivity index (χ3v) is 4.76. The van der Waals surface area contributed by atoms with Gasteiger partial charge in [0.2, 0.25) is 5.95 Å². The number of hydrogen-bond donors (Lipinski definition) is 0. The predicted molar refractivity (Wildman–Crippen MR) is 78.5 cm³/mol. The van der Waals surface area contributed by atoms with Crippen LogP contribution in [0.2, 0.25) is 25.7 Å². The van der Waals surface area contributed by atoms with Crippen molar-refractivity contribution < 1.29 is 9.13 Å². The highest BCUT2D eigenvalue weighted by Crippen LogP contribution is 2.21. The Morgan fingerprint density at radius 1 is 1.40 bits per heavy atom. The molecule has 0 radical (unpaired) electrons. The van der Waals surface area contributed by atoms with E-state index in [1.54, 1.807) is 18.2 Å². The number of hydrogen-bond acceptors (Lipinski definition) is 3. The molecular formula is C14H18FN3OSi. The van der Waals surface area contributed by atoms with E-state index in [-0.39, 0.29) is 6.73 Å². The van der Waals surface area contributed by atoms with Gasteiger partial charge in [-0.25, -0.2) is 4.68 Å². The Bertz CT molecular complexity index is 655. The second-order valence-electron chi connectivity index (χ2n) is 5.95. The second-order valence-corrected chi connectivity index (χ2v) is 11.6. The third-order valence-electron chi connectivity index (χ3n) is 3.06. The van der Waals surface area contributed by atoms with Crippen LogP contribution in [-0.2, 0) is 11.5 Å². The van der Waals surface area contributed by atoms with Crippen molar-refractivity contribution in [3.8, 4) is 6.07 Å². The molecule has 0 N–H and O–H groups in total. The van der Waals surface area contributed by atoms with Crippen molar-refractivity contribution in [1.29, 1.82) is 5.26 Å². The molecule has 1 heterocycles. The zero-order valence-corrected chi connectivity index (χ0v) is 13.0. The topological polar surface area (TPSA) is 50.8 Å². The van der Waals surface area contributed by atoms with E-state index in [1.165, 1.54) is 4.68 Å². The van der Waals surface area contributed by atoms with E-state index in [1.807, 2.05) is 0 Å². The zero-order chi connectivity index (χ0) is 14.8. The van der Waals surface area contributed by atoms with Crippen molar-refractivity contribution in [2.75, 3.05) is 6.61 Å². The second kappa shape index (κ2) is 5.73. The standard InChI is InChI=1S/C14H18FN3OSi/c1-20(2,3)8-7-19-10-18-13-11(9-16)5-4-6-12(13)14(15)17-18/h4-6H,7-8,10H2,1-3H3. The number of nitrogens with zero attached hydrogens (tertiary/aromatic N) is 3. The Balaban J connectivity index is 2.17. The Hall–Kier alpha value is -1.71. The molecule has 2 rings (SSSR count). The van der Waals surface area contributed by atoms with Crippen molar-refractivity contribution in [3.63, 3.8) is 0 Å². The van der Waals surface area contributed by atoms with Crippen LogP contribution in [0.3, 0.4) is 0 Å². The maximum atomic E-state index is 13.7. The molecular weight excluding hydrogens is 273 g/mol. The Kier molecular flexibility index (Phi) is 4.21. The van der Waals surface area contributed by atoms with Gasteiger partial charge in [-0.2, -0.15) is 9.65 Å². The van der Waals surface area contributed by atoms with Gasteiger partial charge in [-0.05, 0) is 18.2 Å². The molecule has 0 saturated carbocycles. The lowest BCUT2D eigenvalue weighted by molar-refractivity contribution is 0.0804. The Morgan fingerprint density at radius 3 is 2.80 bits per heavy atom. The van der Waals surface area contributed by atoms with Crippen LogP contribution in [-0.4, -0.2) is 24.5 Å². The van der Waals surface area contributed by atoms with Crippen molar-refractivity contribution in [2.45, 2.75) is 32.4 Å². The molecule has 0 bridgehead atoms. The summed E-state index contributed by atoms with van der Waals surface area (Å²) < 4.78 is 20.7. The van der Waals surface area contributed by atoms with Crippen LogP contribution in [0.4, 0.5) is 4.39 Å². The highest BCUT2D eigenvalue weighted by molar-refractivity contribution is 6.76. The van der Waals surface area contributed by atoms with Crippen LogP contribution >= 0.6 is 0 Å². The van der Waals surface area contributed by atoms with Gasteiger partial charge in [0, 0.05) is 14.7 Å². The zero-order valence-electron chi connectivity index (χ0n) is 12.0. The van der Waals surface area contributed by atoms with Gasteiger partial charge in [0.15, 0.2) is 0 Å². The average molecular weight is 291 g/mol. The van der Waals surface area contributed by atoms with E-state index < -0.39 is 14.0 Å². The summed E-state index contributed by atoms with van der Waals surface area (Å²) in [6.07, 6.45) is 0. The maximum Gasteiger partial charge on any atom is 0.240 e. The SMILES string of the molecule is C[Si](C)(C)CCOCn1nc(F)c2cccc(C#N)c21. The minimum Gasteiger partial charge on any atom is -0.360 e. The molecule has 0 fully saturated rings. The lowest BCUT2D eigenvalue weighted by atomic mass is 10.1. The van der Waals surface area contributed by atoms with Gasteiger partial charge < -0.3 is 4.74 Å². The highest BCUT2D eigenvalue weighted by Gasteiger charge is 2.15. The molecule has 2 aromatic rings. The number of para-hydroxylation sites is 1. The molecule has 0 atom stereocenters. The number of aromatic nitrogens is 2. The molecule has 0 aliphatic carbocycles. The molecule has 1 aromatic carbocycles. The van der Waals surface area contributed by atoms with Crippen LogP contribution in [0.25, 0.3) is 10.9 Å². The van der Waals surface area contributed by atoms with Gasteiger partial charge in [-0.15, -0.1) is 5.10 Å². The van der Waals surface area contributed by atoms with Gasteiger partial charge in [-0.1, -0.05) is 25.7 Å². The van der Waals surface area contributed by atoms with E-state index in [0.29, 0.717) is 23.1 Å². The number of nitriles is 1. The molecule has 0 spiro atoms. The van der Waals surface area contributed by atoms with E-state index in [9.17, 15) is 4.39 Å². The average Bonchev–Trinajstić information content (AvgIpc) is 2.71. The van der Waals surface area contributed by atoms with Gasteiger partial charge in [0.05, 0.1) is 16.5 Å². The normalized spacial score (nSPS) is 11.8. The largest absolute Gasteiger partial charge is 0.360 e. The number of ether oxygens (including phenoxy) is 1. The summed E-state index contributed by atoms with van der Waals surface area (Å²) in [5.74, 6) is -0.564. The minimum atomic E-state index is -1.14. The van der Waals surface area contributed by atoms with E-state index in [4.69, 9.17) is 10.00 Å². The fourth-order valence-electron chi connectivity index (χ4n) is 1.91. The van der Waals surface area contributed by atoms with Crippen LogP contribution < -0.4 is 0 Å². The molecule has 6 heteroatoms. The van der Waals surface area contributed by atoms with Crippen molar-refractivity contribution >= 4 is 19.0 Å². The van der Waals surface area contributed by atoms with Crippen LogP contribution in [0.15, 0.2) is 18.2 Å². The first-order valence-corrected chi connectivity index (χ1v) is 10.3. The smallest absolute Gasteiger partial charge is 0.240 e. The third kappa shape index (κ3) is 3.24. The van der Waals surface area contributed by atoms with Crippen molar-refractivity contribution in [2.24, 2.45) is 0 Å². The Labute approximate surface area is 118 Å². The molecule has 0 unspecified atom stereocenters. The van der Waals surface area contributed by atoms with E-state index >= 15 is 0 Å². The van der Waals surface area contributed by atoms with Gasteiger partial charge in [0.25, 0.3) is 0 Å². The maximum absolute atomic E-state index is 13.7. The molecule has 0 saturated heterocycles. The molecule has 1 aromatic heterocycles. The fraction of sp³-hybridized carbons (Fsp3) is 0.429. The molecule has 20 heavy (non-hydrogen) atoms. The summed E-state index contributed by atoms with van der Waals surface area (Å²) in [4.78, 5) is 0. The fourth-order valence-corrected chi connectivity index (χ4v) is 2.67. The van der Waals surface area contributed by atoms with Crippen LogP contribution in [0.5, 0.6) is 0 Å². The van der Waals surface area contributed by atoms with E-state index in [0.717, 1.165) is 6.04 Å². The highest BCUT2D eigenvalue weighted by atomic mass is 28.3. The first kappa shape index (κ1) is 14.7. The Morgan fingerprint density at radius 2 is 2.15 bits per heavy atom. The molecule has 0 aliphatic heterocycles. The number of rotatable bonds is 5. The van der Waals surface area contributed by atoms with Crippen molar-refractivity contribution in [3.05, 3.63) is 29.7 Å². The first-order valence-electron chi connectivity index (χ1n) is 6.55. The first-order chi connectivity index (χ1) is 9.42. The molecule has 0 amide bonds. The van der Waals surface area contributed by atoms with Gasteiger partial charge in [0.1, 0.15) is 12.8 Å². The van der Waals surface area contributed by atoms with Crippen molar-refractivity contribution in [1.82, 2.24) is 9.78 Å². The van der Waals surface area contributed by atoms with Gasteiger partial charge >= 0.3 is 0 Å². The quantitative estimate of drug-likeness (QED) is 0.627. The minimum absolute atomic E-state index is 0.170. The van der Waals surface area contributed by atoms with E-state index in [2.05, 4.69) is 30.8 Å². The number of halogens is 1. The van der Waals surface area contributed by atoms with Crippen LogP contribution in [0.1, 0.15) is 5.56 Å². The summed E-state index contributed by atoms with van der Waals surface area (Å²) in [5.41, 5.74) is 0.910. The summed E-state index contributed by atoms with van der Waals surface area (Å²) in [7, 11) is -1.14. The lowest BCUT2D eigenvalue weighted by Crippen LogP contribution is -2.22. The summed E-state index contributed by atoms with van der Waals surface area (Å²) in [6, 6.07) is 8.04. The number of fused-ring (bicyclic) bond motifs is 1. The molecule has 106 valence electrons. The van der Waals surface area contributed by atoms with Gasteiger partial charge in [-0.3, -0.25) is 0 Å². The summed E-state index contributed by atoms with van der Waals surface area (Å²) >= 11 is 0. The predicted octanol–water partition coefficient (Wildman–Crippen LogP) is 3.36. The molecule has 4 nitrogen and oxygen atoms in total.